The van der Waals surface area contributed by atoms with Crippen LogP contribution in [0.3, 0.4) is 0 Å². The summed E-state index contributed by atoms with van der Waals surface area (Å²) in [5.74, 6) is 0.638. The molecule has 10 nitrogen and oxygen atoms in total. The Kier molecular flexibility index (Phi) is 6.39. The van der Waals surface area contributed by atoms with Crippen molar-refractivity contribution in [1.82, 2.24) is 29.0 Å². The van der Waals surface area contributed by atoms with Gasteiger partial charge in [-0.3, -0.25) is 23.4 Å². The minimum absolute atomic E-state index is 0.0409. The number of carbonyl (C=O) groups excluding carboxylic acids is 2. The molecule has 2 amide bonds. The van der Waals surface area contributed by atoms with Gasteiger partial charge in [0.05, 0.1) is 23.7 Å². The molecule has 5 aromatic rings. The van der Waals surface area contributed by atoms with E-state index < -0.39 is 0 Å². The number of aryl methyl sites for hydroxylation is 1. The van der Waals surface area contributed by atoms with Crippen LogP contribution in [0.25, 0.3) is 16.7 Å². The van der Waals surface area contributed by atoms with E-state index in [1.807, 2.05) is 16.5 Å². The Morgan fingerprint density at radius 2 is 1.64 bits per heavy atom. The lowest BCUT2D eigenvalue weighted by molar-refractivity contribution is -0.132. The standard InChI is InChI=1S/C28H25FN6O4/c29-20-9-7-19(8-10-20)18-34-26(37)21-4-1-2-5-22(21)35-24(30-31-28(34)35)11-12-25(36)32-13-15-33(16-14-32)27(38)23-6-3-17-39-23/h1-10,17H,11-16,18H2. The van der Waals surface area contributed by atoms with Crippen molar-refractivity contribution < 1.29 is 18.4 Å². The van der Waals surface area contributed by atoms with Crippen LogP contribution in [0.1, 0.15) is 28.4 Å². The fraction of sp³-hybridized carbons (Fsp3) is 0.250. The number of amides is 2. The maximum atomic E-state index is 13.4. The predicted octanol–water partition coefficient (Wildman–Crippen LogP) is 2.74. The summed E-state index contributed by atoms with van der Waals surface area (Å²) < 4.78 is 21.9. The number of hydrogen-bond donors (Lipinski definition) is 0. The fourth-order valence-corrected chi connectivity index (χ4v) is 4.98. The molecule has 0 radical (unpaired) electrons. The molecule has 1 fully saturated rings. The summed E-state index contributed by atoms with van der Waals surface area (Å²) in [6, 6.07) is 16.5. The molecule has 1 aliphatic rings. The average molecular weight is 529 g/mol. The molecule has 0 N–H and O–H groups in total. The van der Waals surface area contributed by atoms with Crippen molar-refractivity contribution in [2.75, 3.05) is 26.2 Å². The Morgan fingerprint density at radius 1 is 0.897 bits per heavy atom. The van der Waals surface area contributed by atoms with E-state index in [2.05, 4.69) is 10.2 Å². The molecule has 11 heteroatoms. The van der Waals surface area contributed by atoms with Gasteiger partial charge < -0.3 is 14.2 Å². The molecule has 0 bridgehead atoms. The first kappa shape index (κ1) is 24.5. The summed E-state index contributed by atoms with van der Waals surface area (Å²) >= 11 is 0. The van der Waals surface area contributed by atoms with Crippen molar-refractivity contribution in [1.29, 1.82) is 0 Å². The number of halogens is 1. The zero-order chi connectivity index (χ0) is 26.9. The van der Waals surface area contributed by atoms with Gasteiger partial charge in [0, 0.05) is 39.0 Å². The second kappa shape index (κ2) is 10.2. The number of nitrogens with zero attached hydrogens (tertiary/aromatic N) is 6. The second-order valence-corrected chi connectivity index (χ2v) is 9.44. The first-order valence-electron chi connectivity index (χ1n) is 12.7. The molecule has 0 spiro atoms. The maximum Gasteiger partial charge on any atom is 0.289 e. The van der Waals surface area contributed by atoms with E-state index in [0.29, 0.717) is 60.9 Å². The lowest BCUT2D eigenvalue weighted by Gasteiger charge is -2.34. The van der Waals surface area contributed by atoms with Crippen molar-refractivity contribution in [2.24, 2.45) is 0 Å². The molecule has 0 unspecified atom stereocenters. The third kappa shape index (κ3) is 4.67. The van der Waals surface area contributed by atoms with E-state index in [0.717, 1.165) is 5.56 Å². The Bertz CT molecular complexity index is 1720. The highest BCUT2D eigenvalue weighted by Gasteiger charge is 2.26. The number of aromatic nitrogens is 4. The van der Waals surface area contributed by atoms with Crippen molar-refractivity contribution in [2.45, 2.75) is 19.4 Å². The van der Waals surface area contributed by atoms with Crippen LogP contribution in [-0.2, 0) is 17.8 Å². The zero-order valence-corrected chi connectivity index (χ0v) is 21.0. The van der Waals surface area contributed by atoms with Crippen LogP contribution < -0.4 is 5.56 Å². The maximum absolute atomic E-state index is 13.4. The van der Waals surface area contributed by atoms with Gasteiger partial charge in [-0.1, -0.05) is 24.3 Å². The van der Waals surface area contributed by atoms with E-state index in [1.165, 1.54) is 23.0 Å². The summed E-state index contributed by atoms with van der Waals surface area (Å²) in [7, 11) is 0. The second-order valence-electron chi connectivity index (χ2n) is 9.44. The average Bonchev–Trinajstić information content (AvgIpc) is 3.66. The molecule has 0 atom stereocenters. The third-order valence-corrected chi connectivity index (χ3v) is 7.04. The van der Waals surface area contributed by atoms with E-state index in [1.54, 1.807) is 46.2 Å². The molecule has 1 saturated heterocycles. The molecule has 4 heterocycles. The number of fused-ring (bicyclic) bond motifs is 3. The summed E-state index contributed by atoms with van der Waals surface area (Å²) in [5.41, 5.74) is 1.19. The molecule has 3 aromatic heterocycles. The minimum atomic E-state index is -0.352. The van der Waals surface area contributed by atoms with Crippen molar-refractivity contribution in [3.63, 3.8) is 0 Å². The highest BCUT2D eigenvalue weighted by atomic mass is 19.1. The smallest absolute Gasteiger partial charge is 0.289 e. The predicted molar refractivity (Wildman–Crippen MR) is 140 cm³/mol. The minimum Gasteiger partial charge on any atom is -0.459 e. The number of carbonyl (C=O) groups is 2. The highest BCUT2D eigenvalue weighted by molar-refractivity contribution is 5.91. The van der Waals surface area contributed by atoms with Crippen molar-refractivity contribution in [3.05, 3.63) is 100 Å². The number of furan rings is 1. The molecule has 1 aliphatic heterocycles. The van der Waals surface area contributed by atoms with Gasteiger partial charge >= 0.3 is 0 Å². The number of benzene rings is 2. The molecular formula is C28H25FN6O4. The zero-order valence-electron chi connectivity index (χ0n) is 21.0. The SMILES string of the molecule is O=C(CCc1nnc2n(Cc3ccc(F)cc3)c(=O)c3ccccc3n12)N1CCN(C(=O)c2ccco2)CC1. The van der Waals surface area contributed by atoms with E-state index in [4.69, 9.17) is 4.42 Å². The number of hydrogen-bond acceptors (Lipinski definition) is 6. The molecule has 198 valence electrons. The largest absolute Gasteiger partial charge is 0.459 e. The van der Waals surface area contributed by atoms with Crippen molar-refractivity contribution >= 4 is 28.5 Å². The van der Waals surface area contributed by atoms with Gasteiger partial charge in [-0.2, -0.15) is 0 Å². The molecule has 0 saturated carbocycles. The number of para-hydroxylation sites is 1. The fourth-order valence-electron chi connectivity index (χ4n) is 4.98. The summed E-state index contributed by atoms with van der Waals surface area (Å²) in [6.07, 6.45) is 2.00. The van der Waals surface area contributed by atoms with Gasteiger partial charge in [-0.15, -0.1) is 10.2 Å². The van der Waals surface area contributed by atoms with Gasteiger partial charge in [0.2, 0.25) is 11.7 Å². The van der Waals surface area contributed by atoms with E-state index in [9.17, 15) is 18.8 Å². The van der Waals surface area contributed by atoms with Crippen LogP contribution in [0, 0.1) is 5.82 Å². The molecule has 2 aromatic carbocycles. The molecule has 39 heavy (non-hydrogen) atoms. The normalized spacial score (nSPS) is 13.9. The quantitative estimate of drug-likeness (QED) is 0.336. The Labute approximate surface area is 221 Å². The van der Waals surface area contributed by atoms with Gasteiger partial charge in [-0.25, -0.2) is 4.39 Å². The van der Waals surface area contributed by atoms with Crippen molar-refractivity contribution in [3.8, 4) is 0 Å². The van der Waals surface area contributed by atoms with E-state index in [-0.39, 0.29) is 36.2 Å². The van der Waals surface area contributed by atoms with Gasteiger partial charge in [-0.05, 0) is 42.0 Å². The van der Waals surface area contributed by atoms with E-state index >= 15 is 0 Å². The molecule has 6 rings (SSSR count). The number of piperazine rings is 1. The van der Waals surface area contributed by atoms with Gasteiger partial charge in [0.1, 0.15) is 11.6 Å². The molecular weight excluding hydrogens is 503 g/mol. The van der Waals surface area contributed by atoms with Crippen LogP contribution in [-0.4, -0.2) is 67.0 Å². The van der Waals surface area contributed by atoms with Crippen LogP contribution in [0.15, 0.2) is 76.1 Å². The Hall–Kier alpha value is -4.80. The van der Waals surface area contributed by atoms with Gasteiger partial charge in [0.15, 0.2) is 5.76 Å². The number of rotatable bonds is 6. The first-order valence-corrected chi connectivity index (χ1v) is 12.7. The Morgan fingerprint density at radius 3 is 2.38 bits per heavy atom. The first-order chi connectivity index (χ1) is 19.0. The monoisotopic (exact) mass is 528 g/mol. The van der Waals surface area contributed by atoms with Crippen LogP contribution in [0.4, 0.5) is 4.39 Å². The summed E-state index contributed by atoms with van der Waals surface area (Å²) in [4.78, 5) is 42.3. The summed E-state index contributed by atoms with van der Waals surface area (Å²) in [6.45, 7) is 1.93. The van der Waals surface area contributed by atoms with Crippen LogP contribution >= 0.6 is 0 Å². The molecule has 0 aliphatic carbocycles. The lowest BCUT2D eigenvalue weighted by Crippen LogP contribution is -2.50. The van der Waals surface area contributed by atoms with Gasteiger partial charge in [0.25, 0.3) is 11.5 Å². The lowest BCUT2D eigenvalue weighted by atomic mass is 10.2. The third-order valence-electron chi connectivity index (χ3n) is 7.04. The summed E-state index contributed by atoms with van der Waals surface area (Å²) in [5, 5.41) is 9.15. The van der Waals surface area contributed by atoms with Crippen LogP contribution in [0.2, 0.25) is 0 Å². The topological polar surface area (TPSA) is 106 Å². The van der Waals surface area contributed by atoms with Crippen LogP contribution in [0.5, 0.6) is 0 Å². The highest BCUT2D eigenvalue weighted by Crippen LogP contribution is 2.18. The Balaban J connectivity index is 1.21.